The molecule has 0 saturated heterocycles. The molecule has 5 rings (SSSR count). The van der Waals surface area contributed by atoms with Crippen molar-refractivity contribution in [1.29, 1.82) is 0 Å². The summed E-state index contributed by atoms with van der Waals surface area (Å²) < 4.78 is 5.21. The molecule has 3 fully saturated rings. The fourth-order valence-electron chi connectivity index (χ4n) is 8.07. The zero-order valence-corrected chi connectivity index (χ0v) is 20.5. The molecule has 1 unspecified atom stereocenters. The van der Waals surface area contributed by atoms with Crippen LogP contribution in [0.1, 0.15) is 64.4 Å². The second-order valence-corrected chi connectivity index (χ2v) is 11.4. The van der Waals surface area contributed by atoms with Crippen LogP contribution in [0.25, 0.3) is 0 Å². The topological polar surface area (TPSA) is 58.6 Å². The minimum atomic E-state index is -0.258. The van der Waals surface area contributed by atoms with E-state index >= 15 is 0 Å². The lowest BCUT2D eigenvalue weighted by atomic mass is 9.48. The highest BCUT2D eigenvalue weighted by Crippen LogP contribution is 2.64. The molecule has 33 heavy (non-hydrogen) atoms. The van der Waals surface area contributed by atoms with Gasteiger partial charge in [0.25, 0.3) is 11.8 Å². The van der Waals surface area contributed by atoms with Gasteiger partial charge < -0.3 is 15.0 Å². The molecule has 3 saturated carbocycles. The van der Waals surface area contributed by atoms with E-state index in [1.165, 1.54) is 38.5 Å². The summed E-state index contributed by atoms with van der Waals surface area (Å²) in [6.45, 7) is 5.23. The third-order valence-electron chi connectivity index (χ3n) is 9.84. The van der Waals surface area contributed by atoms with Crippen LogP contribution >= 0.6 is 0 Å². The summed E-state index contributed by atoms with van der Waals surface area (Å²) >= 11 is 0. The van der Waals surface area contributed by atoms with Crippen molar-refractivity contribution in [2.24, 2.45) is 28.6 Å². The Kier molecular flexibility index (Phi) is 5.57. The predicted octanol–water partition coefficient (Wildman–Crippen LogP) is 4.71. The number of hydrogen-bond donors (Lipinski definition) is 1. The maximum atomic E-state index is 13.2. The standard InChI is InChI=1S/C28H38N2O3/c1-27-14-5-6-22(27)20-11-12-24-28(2,23(20)13-15-27)16-21(26(32)30(24)3)25(31)29-17-18-7-9-19(33-4)10-8-18/h7-10,16,20,22-24H,5-6,11-15,17H2,1-4H3,(H,29,31)/t20-,22-,23+,24?,27-,28+/m0/s1. The fourth-order valence-corrected chi connectivity index (χ4v) is 8.07. The largest absolute Gasteiger partial charge is 0.497 e. The summed E-state index contributed by atoms with van der Waals surface area (Å²) in [6, 6.07) is 7.83. The Morgan fingerprint density at radius 1 is 1.09 bits per heavy atom. The van der Waals surface area contributed by atoms with Gasteiger partial charge in [0.2, 0.25) is 0 Å². The van der Waals surface area contributed by atoms with E-state index in [-0.39, 0.29) is 23.3 Å². The first-order valence-electron chi connectivity index (χ1n) is 12.7. The van der Waals surface area contributed by atoms with Crippen LogP contribution in [0.3, 0.4) is 0 Å². The molecular weight excluding hydrogens is 412 g/mol. The number of nitrogens with zero attached hydrogens (tertiary/aromatic N) is 1. The summed E-state index contributed by atoms with van der Waals surface area (Å²) in [4.78, 5) is 28.3. The number of fused-ring (bicyclic) bond motifs is 5. The first kappa shape index (κ1) is 22.5. The summed E-state index contributed by atoms with van der Waals surface area (Å²) in [6.07, 6.45) is 10.9. The number of benzene rings is 1. The summed E-state index contributed by atoms with van der Waals surface area (Å²) in [5.74, 6) is 2.46. The third-order valence-corrected chi connectivity index (χ3v) is 9.84. The van der Waals surface area contributed by atoms with Gasteiger partial charge in [0, 0.05) is 25.0 Å². The number of carbonyl (C=O) groups is 2. The number of carbonyl (C=O) groups excluding carboxylic acids is 2. The first-order valence-corrected chi connectivity index (χ1v) is 12.7. The molecule has 3 aliphatic carbocycles. The van der Waals surface area contributed by atoms with Gasteiger partial charge in [0.15, 0.2) is 0 Å². The van der Waals surface area contributed by atoms with Gasteiger partial charge in [-0.15, -0.1) is 0 Å². The van der Waals surface area contributed by atoms with Gasteiger partial charge >= 0.3 is 0 Å². The second-order valence-electron chi connectivity index (χ2n) is 11.4. The average Bonchev–Trinajstić information content (AvgIpc) is 3.22. The fraction of sp³-hybridized carbons (Fsp3) is 0.643. The van der Waals surface area contributed by atoms with Crippen LogP contribution < -0.4 is 10.1 Å². The zero-order chi connectivity index (χ0) is 23.4. The highest BCUT2D eigenvalue weighted by atomic mass is 16.5. The lowest BCUT2D eigenvalue weighted by Gasteiger charge is -2.60. The van der Waals surface area contributed by atoms with Crippen molar-refractivity contribution >= 4 is 11.8 Å². The van der Waals surface area contributed by atoms with E-state index < -0.39 is 0 Å². The molecule has 1 heterocycles. The molecule has 1 aromatic carbocycles. The van der Waals surface area contributed by atoms with Gasteiger partial charge in [0.1, 0.15) is 11.3 Å². The van der Waals surface area contributed by atoms with Crippen molar-refractivity contribution in [2.45, 2.75) is 71.4 Å². The minimum absolute atomic E-state index is 0.135. The minimum Gasteiger partial charge on any atom is -0.497 e. The van der Waals surface area contributed by atoms with Gasteiger partial charge in [-0.25, -0.2) is 0 Å². The highest BCUT2D eigenvalue weighted by Gasteiger charge is 2.59. The van der Waals surface area contributed by atoms with E-state index in [2.05, 4.69) is 25.2 Å². The van der Waals surface area contributed by atoms with E-state index in [9.17, 15) is 9.59 Å². The van der Waals surface area contributed by atoms with Crippen LogP contribution in [0.2, 0.25) is 0 Å². The molecule has 4 aliphatic rings. The van der Waals surface area contributed by atoms with Crippen molar-refractivity contribution in [2.75, 3.05) is 14.2 Å². The lowest BCUT2D eigenvalue weighted by Crippen LogP contribution is -2.61. The lowest BCUT2D eigenvalue weighted by molar-refractivity contribution is -0.141. The molecule has 1 aromatic rings. The predicted molar refractivity (Wildman–Crippen MR) is 128 cm³/mol. The van der Waals surface area contributed by atoms with Crippen molar-refractivity contribution in [3.05, 3.63) is 41.5 Å². The Morgan fingerprint density at radius 2 is 1.85 bits per heavy atom. The first-order chi connectivity index (χ1) is 15.8. The number of nitrogens with one attached hydrogen (secondary N) is 1. The van der Waals surface area contributed by atoms with Gasteiger partial charge in [-0.2, -0.15) is 0 Å². The van der Waals surface area contributed by atoms with Crippen molar-refractivity contribution in [3.63, 3.8) is 0 Å². The molecule has 1 aliphatic heterocycles. The average molecular weight is 451 g/mol. The molecule has 1 N–H and O–H groups in total. The van der Waals surface area contributed by atoms with E-state index in [1.54, 1.807) is 7.11 Å². The van der Waals surface area contributed by atoms with Gasteiger partial charge in [-0.3, -0.25) is 9.59 Å². The van der Waals surface area contributed by atoms with Crippen molar-refractivity contribution in [3.8, 4) is 5.75 Å². The number of hydrogen-bond acceptors (Lipinski definition) is 3. The quantitative estimate of drug-likeness (QED) is 0.676. The van der Waals surface area contributed by atoms with E-state index in [0.29, 0.717) is 29.4 Å². The zero-order valence-electron chi connectivity index (χ0n) is 20.5. The molecular formula is C28H38N2O3. The summed E-state index contributed by atoms with van der Waals surface area (Å²) in [7, 11) is 3.54. The maximum absolute atomic E-state index is 13.2. The Bertz CT molecular complexity index is 970. The van der Waals surface area contributed by atoms with Crippen LogP contribution in [0.15, 0.2) is 35.9 Å². The summed E-state index contributed by atoms with van der Waals surface area (Å²) in [5, 5.41) is 2.99. The van der Waals surface area contributed by atoms with E-state index in [0.717, 1.165) is 23.7 Å². The Morgan fingerprint density at radius 3 is 2.58 bits per heavy atom. The van der Waals surface area contributed by atoms with E-state index in [4.69, 9.17) is 4.74 Å². The molecule has 178 valence electrons. The van der Waals surface area contributed by atoms with Gasteiger partial charge in [-0.05, 0) is 79.4 Å². The second kappa shape index (κ2) is 8.18. The van der Waals surface area contributed by atoms with Gasteiger partial charge in [0.05, 0.1) is 7.11 Å². The summed E-state index contributed by atoms with van der Waals surface area (Å²) in [5.41, 5.74) is 1.67. The maximum Gasteiger partial charge on any atom is 0.259 e. The monoisotopic (exact) mass is 450 g/mol. The van der Waals surface area contributed by atoms with Crippen molar-refractivity contribution < 1.29 is 14.3 Å². The van der Waals surface area contributed by atoms with Gasteiger partial charge in [-0.1, -0.05) is 38.5 Å². The van der Waals surface area contributed by atoms with Crippen LogP contribution in [-0.4, -0.2) is 36.9 Å². The Hall–Kier alpha value is -2.30. The molecule has 6 atom stereocenters. The number of likely N-dealkylation sites (N-methyl/N-ethyl adjacent to an activating group) is 1. The van der Waals surface area contributed by atoms with Crippen LogP contribution in [-0.2, 0) is 16.1 Å². The SMILES string of the molecule is COc1ccc(CNC(=O)C2=C[C@@]3(C)C(CC[C@@H]4[C@H]3CC[C@]3(C)CCC[C@@H]43)N(C)C2=O)cc1. The van der Waals surface area contributed by atoms with Crippen LogP contribution in [0.4, 0.5) is 0 Å². The number of methoxy groups -OCH3 is 1. The highest BCUT2D eigenvalue weighted by molar-refractivity contribution is 6.19. The molecule has 2 amide bonds. The Labute approximate surface area is 197 Å². The van der Waals surface area contributed by atoms with Crippen molar-refractivity contribution in [1.82, 2.24) is 10.2 Å². The molecule has 0 spiro atoms. The number of amides is 2. The molecule has 0 bridgehead atoms. The Balaban J connectivity index is 1.39. The molecule has 0 aromatic heterocycles. The third kappa shape index (κ3) is 3.59. The molecule has 0 radical (unpaired) electrons. The van der Waals surface area contributed by atoms with Crippen LogP contribution in [0.5, 0.6) is 5.75 Å². The smallest absolute Gasteiger partial charge is 0.259 e. The number of ether oxygens (including phenoxy) is 1. The normalized spacial score (nSPS) is 37.5. The molecule has 5 heteroatoms. The molecule has 5 nitrogen and oxygen atoms in total. The number of rotatable bonds is 4. The van der Waals surface area contributed by atoms with E-state index in [1.807, 2.05) is 36.2 Å². The van der Waals surface area contributed by atoms with Crippen LogP contribution in [0, 0.1) is 28.6 Å².